The molecular formula is C22H8Br6N2O2S2. The maximum Gasteiger partial charge on any atom is 0.267 e. The van der Waals surface area contributed by atoms with Gasteiger partial charge in [0.2, 0.25) is 0 Å². The lowest BCUT2D eigenvalue weighted by atomic mass is 10.1. The highest BCUT2D eigenvalue weighted by atomic mass is 79.9. The number of aromatic nitrogens is 1. The molecule has 2 amide bonds. The minimum absolute atomic E-state index is 0.327. The number of imide groups is 1. The van der Waals surface area contributed by atoms with Crippen LogP contribution in [0.25, 0.3) is 10.2 Å². The fourth-order valence-corrected chi connectivity index (χ4v) is 9.39. The molecule has 0 spiro atoms. The highest BCUT2D eigenvalue weighted by Gasteiger charge is 2.42. The summed E-state index contributed by atoms with van der Waals surface area (Å²) in [6.45, 7) is 0. The molecule has 1 aliphatic heterocycles. The molecule has 172 valence electrons. The lowest BCUT2D eigenvalue weighted by Gasteiger charge is -2.13. The van der Waals surface area contributed by atoms with Crippen LogP contribution in [-0.2, 0) is 5.75 Å². The van der Waals surface area contributed by atoms with E-state index in [1.807, 2.05) is 24.3 Å². The number of halogens is 6. The second-order valence-electron chi connectivity index (χ2n) is 7.11. The van der Waals surface area contributed by atoms with Crippen LogP contribution >= 0.6 is 119 Å². The molecule has 0 saturated carbocycles. The predicted octanol–water partition coefficient (Wildman–Crippen LogP) is 9.96. The quantitative estimate of drug-likeness (QED) is 0.0888. The molecule has 4 aromatic rings. The van der Waals surface area contributed by atoms with E-state index in [-0.39, 0.29) is 11.8 Å². The van der Waals surface area contributed by atoms with E-state index in [1.54, 1.807) is 29.2 Å². The Morgan fingerprint density at radius 1 is 0.824 bits per heavy atom. The number of thioether (sulfide) groups is 1. The lowest BCUT2D eigenvalue weighted by Crippen LogP contribution is -2.29. The molecule has 2 heterocycles. The van der Waals surface area contributed by atoms with E-state index in [1.165, 1.54) is 10.5 Å². The number of thiazole rings is 1. The number of carbonyl (C=O) groups is 2. The lowest BCUT2D eigenvalue weighted by molar-refractivity contribution is 0.0926. The first-order chi connectivity index (χ1) is 16.2. The number of hydrogen-bond donors (Lipinski definition) is 0. The number of hydrogen-bond acceptors (Lipinski definition) is 5. The summed E-state index contributed by atoms with van der Waals surface area (Å²) >= 11 is 24.1. The third-order valence-corrected chi connectivity index (χ3v) is 13.3. The minimum Gasteiger partial charge on any atom is -0.268 e. The minimum atomic E-state index is -0.376. The normalized spacial score (nSPS) is 13.3. The van der Waals surface area contributed by atoms with Crippen LogP contribution in [0.15, 0.2) is 67.6 Å². The standard InChI is InChI=1S/C22H8Br6N2O2S2/c23-9-2-1-8(11(24)5-9)7-33-22-29-12-4-3-10(6-13(12)34-22)30-20(31)14-15(21(30)32)17(26)19(28)18(27)16(14)25/h1-6H,7H2. The van der Waals surface area contributed by atoms with E-state index < -0.39 is 0 Å². The van der Waals surface area contributed by atoms with E-state index in [4.69, 9.17) is 4.98 Å². The summed E-state index contributed by atoms with van der Waals surface area (Å²) in [5.41, 5.74) is 3.17. The number of carbonyl (C=O) groups excluding carboxylic acids is 2. The van der Waals surface area contributed by atoms with E-state index in [0.29, 0.717) is 34.7 Å². The van der Waals surface area contributed by atoms with Crippen molar-refractivity contribution in [2.75, 3.05) is 4.90 Å². The Morgan fingerprint density at radius 2 is 1.47 bits per heavy atom. The molecule has 0 fully saturated rings. The van der Waals surface area contributed by atoms with Gasteiger partial charge in [-0.15, -0.1) is 11.3 Å². The average Bonchev–Trinajstić information content (AvgIpc) is 3.32. The van der Waals surface area contributed by atoms with Crippen LogP contribution in [0, 0.1) is 0 Å². The van der Waals surface area contributed by atoms with Crippen LogP contribution < -0.4 is 4.90 Å². The predicted molar refractivity (Wildman–Crippen MR) is 159 cm³/mol. The third kappa shape index (κ3) is 4.44. The first-order valence-electron chi connectivity index (χ1n) is 9.39. The van der Waals surface area contributed by atoms with Crippen LogP contribution in [0.1, 0.15) is 26.3 Å². The second kappa shape index (κ2) is 10.00. The van der Waals surface area contributed by atoms with Gasteiger partial charge in [0.25, 0.3) is 11.8 Å². The first-order valence-corrected chi connectivity index (χ1v) is 16.0. The topological polar surface area (TPSA) is 50.3 Å². The van der Waals surface area contributed by atoms with Crippen molar-refractivity contribution < 1.29 is 9.59 Å². The van der Waals surface area contributed by atoms with Crippen LogP contribution in [0.5, 0.6) is 0 Å². The van der Waals surface area contributed by atoms with Crippen molar-refractivity contribution in [1.29, 1.82) is 0 Å². The van der Waals surface area contributed by atoms with E-state index >= 15 is 0 Å². The molecule has 0 N–H and O–H groups in total. The Hall–Kier alpha value is -0.0800. The average molecular weight is 876 g/mol. The van der Waals surface area contributed by atoms with Gasteiger partial charge in [0.1, 0.15) is 0 Å². The number of amides is 2. The molecule has 0 atom stereocenters. The van der Waals surface area contributed by atoms with Crippen molar-refractivity contribution in [3.63, 3.8) is 0 Å². The van der Waals surface area contributed by atoms with Gasteiger partial charge in [-0.2, -0.15) is 0 Å². The first kappa shape index (κ1) is 25.6. The van der Waals surface area contributed by atoms with Gasteiger partial charge < -0.3 is 0 Å². The molecule has 1 aromatic heterocycles. The van der Waals surface area contributed by atoms with Gasteiger partial charge in [0, 0.05) is 32.6 Å². The highest BCUT2D eigenvalue weighted by Crippen LogP contribution is 2.46. The third-order valence-electron chi connectivity index (χ3n) is 5.08. The van der Waals surface area contributed by atoms with E-state index in [2.05, 4.69) is 102 Å². The summed E-state index contributed by atoms with van der Waals surface area (Å²) in [4.78, 5) is 32.5. The Kier molecular flexibility index (Phi) is 7.52. The Labute approximate surface area is 253 Å². The van der Waals surface area contributed by atoms with Gasteiger partial charge in [-0.05, 0) is 99.6 Å². The van der Waals surface area contributed by atoms with Crippen molar-refractivity contribution in [2.45, 2.75) is 10.1 Å². The summed E-state index contributed by atoms with van der Waals surface area (Å²) in [6, 6.07) is 11.6. The SMILES string of the molecule is O=C1c2c(Br)c(Br)c(Br)c(Br)c2C(=O)N1c1ccc2nc(SCc3ccc(Br)cc3Br)sc2c1. The van der Waals surface area contributed by atoms with Crippen LogP contribution in [0.3, 0.4) is 0 Å². The number of benzene rings is 3. The van der Waals surface area contributed by atoms with Gasteiger partial charge in [0.15, 0.2) is 4.34 Å². The van der Waals surface area contributed by atoms with Crippen LogP contribution in [0.4, 0.5) is 5.69 Å². The van der Waals surface area contributed by atoms with Gasteiger partial charge in [0.05, 0.1) is 27.0 Å². The zero-order valence-electron chi connectivity index (χ0n) is 16.5. The Bertz CT molecular complexity index is 1490. The number of anilines is 1. The molecule has 0 unspecified atom stereocenters. The zero-order chi connectivity index (χ0) is 24.3. The molecule has 0 bridgehead atoms. The Morgan fingerprint density at radius 3 is 2.09 bits per heavy atom. The number of fused-ring (bicyclic) bond motifs is 2. The summed E-state index contributed by atoms with van der Waals surface area (Å²) in [7, 11) is 0. The van der Waals surface area contributed by atoms with Gasteiger partial charge in [-0.1, -0.05) is 49.7 Å². The van der Waals surface area contributed by atoms with Crippen LogP contribution in [-0.4, -0.2) is 16.8 Å². The van der Waals surface area contributed by atoms with Crippen molar-refractivity contribution >= 4 is 146 Å². The van der Waals surface area contributed by atoms with Crippen LogP contribution in [0.2, 0.25) is 0 Å². The molecule has 5 rings (SSSR count). The summed E-state index contributed by atoms with van der Waals surface area (Å²) < 4.78 is 6.29. The molecule has 0 saturated heterocycles. The smallest absolute Gasteiger partial charge is 0.267 e. The highest BCUT2D eigenvalue weighted by molar-refractivity contribution is 9.15. The number of rotatable bonds is 4. The van der Waals surface area contributed by atoms with Crippen molar-refractivity contribution in [3.05, 3.63) is 79.9 Å². The van der Waals surface area contributed by atoms with Crippen molar-refractivity contribution in [3.8, 4) is 0 Å². The summed E-state index contributed by atoms with van der Waals surface area (Å²) in [5.74, 6) is 0.0174. The monoisotopic (exact) mass is 870 g/mol. The molecular weight excluding hydrogens is 868 g/mol. The fourth-order valence-electron chi connectivity index (χ4n) is 3.45. The number of nitrogens with zero attached hydrogens (tertiary/aromatic N) is 2. The second-order valence-corrected chi connectivity index (χ2v) is 14.3. The molecule has 0 aliphatic carbocycles. The summed E-state index contributed by atoms with van der Waals surface area (Å²) in [6.07, 6.45) is 0. The molecule has 12 heteroatoms. The largest absolute Gasteiger partial charge is 0.268 e. The van der Waals surface area contributed by atoms with Crippen molar-refractivity contribution in [1.82, 2.24) is 4.98 Å². The van der Waals surface area contributed by atoms with Gasteiger partial charge in [-0.3, -0.25) is 9.59 Å². The molecule has 34 heavy (non-hydrogen) atoms. The molecule has 4 nitrogen and oxygen atoms in total. The molecule has 0 radical (unpaired) electrons. The van der Waals surface area contributed by atoms with Crippen molar-refractivity contribution in [2.24, 2.45) is 0 Å². The van der Waals surface area contributed by atoms with Gasteiger partial charge >= 0.3 is 0 Å². The summed E-state index contributed by atoms with van der Waals surface area (Å²) in [5, 5.41) is 0. The maximum absolute atomic E-state index is 13.3. The Balaban J connectivity index is 1.46. The zero-order valence-corrected chi connectivity index (χ0v) is 27.6. The molecule has 3 aromatic carbocycles. The molecule has 1 aliphatic rings. The fraction of sp³-hybridized carbons (Fsp3) is 0.0455. The van der Waals surface area contributed by atoms with E-state index in [9.17, 15) is 9.59 Å². The maximum atomic E-state index is 13.3. The van der Waals surface area contributed by atoms with E-state index in [0.717, 1.165) is 29.3 Å². The van der Waals surface area contributed by atoms with Gasteiger partial charge in [-0.25, -0.2) is 9.88 Å².